The first kappa shape index (κ1) is 19.4. The number of halogens is 2. The predicted molar refractivity (Wildman–Crippen MR) is 98.6 cm³/mol. The number of hydrogen-bond donors (Lipinski definition) is 0. The number of likely N-dealkylation sites (tertiary alicyclic amines) is 1. The van der Waals surface area contributed by atoms with Gasteiger partial charge in [-0.1, -0.05) is 29.3 Å². The molecule has 1 aliphatic heterocycles. The predicted octanol–water partition coefficient (Wildman–Crippen LogP) is 4.03. The second kappa shape index (κ2) is 9.54. The number of nitrogens with zero attached hydrogens (tertiary/aromatic N) is 1. The molecule has 0 saturated carbocycles. The lowest BCUT2D eigenvalue weighted by Crippen LogP contribution is -2.41. The van der Waals surface area contributed by atoms with Crippen LogP contribution in [-0.4, -0.2) is 42.2 Å². The number of hydrogen-bond acceptors (Lipinski definition) is 4. The maximum atomic E-state index is 12.3. The van der Waals surface area contributed by atoms with E-state index in [0.29, 0.717) is 54.1 Å². The quantitative estimate of drug-likeness (QED) is 0.689. The van der Waals surface area contributed by atoms with Gasteiger partial charge < -0.3 is 9.64 Å². The lowest BCUT2D eigenvalue weighted by atomic mass is 9.97. The molecule has 1 amide bonds. The fourth-order valence-electron chi connectivity index (χ4n) is 2.63. The van der Waals surface area contributed by atoms with Gasteiger partial charge in [-0.2, -0.15) is 0 Å². The third-order valence-corrected chi connectivity index (χ3v) is 5.65. The van der Waals surface area contributed by atoms with Crippen LogP contribution in [-0.2, 0) is 20.1 Å². The summed E-state index contributed by atoms with van der Waals surface area (Å²) in [5.41, 5.74) is 0.861. The maximum Gasteiger partial charge on any atom is 0.309 e. The molecule has 0 N–H and O–H groups in total. The first-order valence-corrected chi connectivity index (χ1v) is 9.89. The average Bonchev–Trinajstić information content (AvgIpc) is 2.57. The van der Waals surface area contributed by atoms with Crippen molar-refractivity contribution in [1.29, 1.82) is 0 Å². The fourth-order valence-corrected chi connectivity index (χ4v) is 4.29. The van der Waals surface area contributed by atoms with E-state index in [1.165, 1.54) is 11.8 Å². The van der Waals surface area contributed by atoms with Gasteiger partial charge in [0.2, 0.25) is 5.91 Å². The van der Waals surface area contributed by atoms with Gasteiger partial charge in [0.15, 0.2) is 0 Å². The average molecular weight is 390 g/mol. The van der Waals surface area contributed by atoms with Crippen LogP contribution in [0.25, 0.3) is 0 Å². The van der Waals surface area contributed by atoms with Gasteiger partial charge in [-0.3, -0.25) is 9.59 Å². The monoisotopic (exact) mass is 389 g/mol. The standard InChI is InChI=1S/C17H21Cl2NO3S/c1-2-23-17(22)12-6-8-20(9-7-12)16(21)11-24-10-13-14(18)4-3-5-15(13)19/h3-5,12H,2,6-11H2,1H3. The zero-order valence-electron chi connectivity index (χ0n) is 13.6. The van der Waals surface area contributed by atoms with Gasteiger partial charge >= 0.3 is 5.97 Å². The lowest BCUT2D eigenvalue weighted by molar-refractivity contribution is -0.151. The third-order valence-electron chi connectivity index (χ3n) is 4.00. The van der Waals surface area contributed by atoms with Crippen LogP contribution >= 0.6 is 35.0 Å². The number of benzene rings is 1. The van der Waals surface area contributed by atoms with E-state index in [0.717, 1.165) is 5.56 Å². The van der Waals surface area contributed by atoms with Crippen LogP contribution in [0.3, 0.4) is 0 Å². The Kier molecular flexibility index (Phi) is 7.72. The summed E-state index contributed by atoms with van der Waals surface area (Å²) in [6.45, 7) is 3.42. The summed E-state index contributed by atoms with van der Waals surface area (Å²) in [7, 11) is 0. The molecule has 2 rings (SSSR count). The molecule has 1 aromatic rings. The largest absolute Gasteiger partial charge is 0.466 e. The van der Waals surface area contributed by atoms with E-state index < -0.39 is 0 Å². The van der Waals surface area contributed by atoms with Crippen molar-refractivity contribution in [3.05, 3.63) is 33.8 Å². The van der Waals surface area contributed by atoms with Crippen molar-refractivity contribution in [3.8, 4) is 0 Å². The van der Waals surface area contributed by atoms with Crippen LogP contribution in [0.4, 0.5) is 0 Å². The molecule has 132 valence electrons. The van der Waals surface area contributed by atoms with Crippen molar-refractivity contribution in [2.45, 2.75) is 25.5 Å². The van der Waals surface area contributed by atoms with Crippen LogP contribution in [0.1, 0.15) is 25.3 Å². The Morgan fingerprint density at radius 3 is 2.46 bits per heavy atom. The second-order valence-electron chi connectivity index (χ2n) is 5.60. The molecule has 0 unspecified atom stereocenters. The summed E-state index contributed by atoms with van der Waals surface area (Å²) in [6.07, 6.45) is 1.34. The van der Waals surface area contributed by atoms with E-state index >= 15 is 0 Å². The molecule has 1 saturated heterocycles. The molecular weight excluding hydrogens is 369 g/mol. The van der Waals surface area contributed by atoms with E-state index in [9.17, 15) is 9.59 Å². The van der Waals surface area contributed by atoms with Gasteiger partial charge in [0.25, 0.3) is 0 Å². The van der Waals surface area contributed by atoms with E-state index in [1.54, 1.807) is 25.1 Å². The second-order valence-corrected chi connectivity index (χ2v) is 7.40. The third kappa shape index (κ3) is 5.30. The molecule has 0 aromatic heterocycles. The van der Waals surface area contributed by atoms with Gasteiger partial charge in [0.1, 0.15) is 0 Å². The van der Waals surface area contributed by atoms with Gasteiger partial charge in [-0.05, 0) is 37.5 Å². The molecular formula is C17H21Cl2NO3S. The molecule has 1 fully saturated rings. The van der Waals surface area contributed by atoms with Crippen LogP contribution in [0.15, 0.2) is 18.2 Å². The molecule has 1 heterocycles. The Balaban J connectivity index is 1.75. The first-order chi connectivity index (χ1) is 11.5. The Labute approximate surface area is 156 Å². The smallest absolute Gasteiger partial charge is 0.309 e. The van der Waals surface area contributed by atoms with E-state index in [4.69, 9.17) is 27.9 Å². The van der Waals surface area contributed by atoms with Gasteiger partial charge in [-0.25, -0.2) is 0 Å². The summed E-state index contributed by atoms with van der Waals surface area (Å²) in [6, 6.07) is 5.40. The number of amides is 1. The normalized spacial score (nSPS) is 15.4. The number of carbonyl (C=O) groups excluding carboxylic acids is 2. The van der Waals surface area contributed by atoms with Crippen molar-refractivity contribution in [2.75, 3.05) is 25.4 Å². The highest BCUT2D eigenvalue weighted by Gasteiger charge is 2.28. The summed E-state index contributed by atoms with van der Waals surface area (Å²) < 4.78 is 5.04. The molecule has 0 radical (unpaired) electrons. The SMILES string of the molecule is CCOC(=O)C1CCN(C(=O)CSCc2c(Cl)cccc2Cl)CC1. The van der Waals surface area contributed by atoms with E-state index in [2.05, 4.69) is 0 Å². The number of ether oxygens (including phenoxy) is 1. The molecule has 0 atom stereocenters. The Hall–Kier alpha value is -0.910. The number of carbonyl (C=O) groups is 2. The highest BCUT2D eigenvalue weighted by molar-refractivity contribution is 7.99. The van der Waals surface area contributed by atoms with Crippen molar-refractivity contribution < 1.29 is 14.3 Å². The molecule has 4 nitrogen and oxygen atoms in total. The van der Waals surface area contributed by atoms with Crippen molar-refractivity contribution in [3.63, 3.8) is 0 Å². The summed E-state index contributed by atoms with van der Waals surface area (Å²) in [4.78, 5) is 25.8. The fraction of sp³-hybridized carbons (Fsp3) is 0.529. The lowest BCUT2D eigenvalue weighted by Gasteiger charge is -2.30. The van der Waals surface area contributed by atoms with Crippen LogP contribution < -0.4 is 0 Å². The van der Waals surface area contributed by atoms with Crippen LogP contribution in [0.5, 0.6) is 0 Å². The van der Waals surface area contributed by atoms with E-state index in [1.807, 2.05) is 4.90 Å². The Morgan fingerprint density at radius 1 is 1.25 bits per heavy atom. The van der Waals surface area contributed by atoms with E-state index in [-0.39, 0.29) is 17.8 Å². The summed E-state index contributed by atoms with van der Waals surface area (Å²) in [5, 5.41) is 1.25. The minimum absolute atomic E-state index is 0.0800. The Bertz CT molecular complexity index is 569. The number of thioether (sulfide) groups is 1. The number of esters is 1. The summed E-state index contributed by atoms with van der Waals surface area (Å²) in [5.74, 6) is 0.844. The molecule has 7 heteroatoms. The number of rotatable bonds is 6. The maximum absolute atomic E-state index is 12.3. The molecule has 0 spiro atoms. The van der Waals surface area contributed by atoms with Crippen molar-refractivity contribution >= 4 is 46.8 Å². The minimum Gasteiger partial charge on any atom is -0.466 e. The minimum atomic E-state index is -0.146. The zero-order valence-corrected chi connectivity index (χ0v) is 15.9. The number of piperidine rings is 1. The molecule has 1 aliphatic rings. The zero-order chi connectivity index (χ0) is 17.5. The topological polar surface area (TPSA) is 46.6 Å². The van der Waals surface area contributed by atoms with Crippen LogP contribution in [0, 0.1) is 5.92 Å². The van der Waals surface area contributed by atoms with Gasteiger partial charge in [0.05, 0.1) is 18.3 Å². The highest BCUT2D eigenvalue weighted by Crippen LogP contribution is 2.28. The van der Waals surface area contributed by atoms with Crippen LogP contribution in [0.2, 0.25) is 10.0 Å². The highest BCUT2D eigenvalue weighted by atomic mass is 35.5. The van der Waals surface area contributed by atoms with Crippen molar-refractivity contribution in [1.82, 2.24) is 4.90 Å². The first-order valence-electron chi connectivity index (χ1n) is 7.98. The molecule has 0 bridgehead atoms. The molecule has 24 heavy (non-hydrogen) atoms. The van der Waals surface area contributed by atoms with Gasteiger partial charge in [-0.15, -0.1) is 11.8 Å². The summed E-state index contributed by atoms with van der Waals surface area (Å²) >= 11 is 13.8. The van der Waals surface area contributed by atoms with Crippen molar-refractivity contribution in [2.24, 2.45) is 5.92 Å². The molecule has 1 aromatic carbocycles. The Morgan fingerprint density at radius 2 is 1.88 bits per heavy atom. The molecule has 0 aliphatic carbocycles. The van der Waals surface area contributed by atoms with Gasteiger partial charge in [0, 0.05) is 28.9 Å².